The Morgan fingerprint density at radius 2 is 1.95 bits per heavy atom. The summed E-state index contributed by atoms with van der Waals surface area (Å²) in [6.45, 7) is 8.02. The van der Waals surface area contributed by atoms with Crippen LogP contribution in [0, 0.1) is 0 Å². The predicted octanol–water partition coefficient (Wildman–Crippen LogP) is 4.67. The number of hydrogen-bond acceptors (Lipinski definition) is 6. The number of anilines is 1. The number of carbonyl (C=O) groups excluding carboxylic acids is 1. The topological polar surface area (TPSA) is 119 Å². The van der Waals surface area contributed by atoms with Crippen molar-refractivity contribution in [3.8, 4) is 0 Å². The molecule has 0 spiro atoms. The fourth-order valence-corrected chi connectivity index (χ4v) is 4.82. The minimum absolute atomic E-state index is 0.154. The number of nitrogens with zero attached hydrogens (tertiary/aromatic N) is 4. The molecule has 3 aromatic rings. The van der Waals surface area contributed by atoms with Gasteiger partial charge in [0.05, 0.1) is 23.2 Å². The standard InChI is InChI=1S/C27H32N6O3.C2H6/c1-2-36-17-22-31-23-24(20-11-7-8-12-21(20)30-25(23)28)33(22)18-27(35)13-15-32(16-14-27)26(34)29-19-9-5-3-4-6-10-19;1-2/h3,5-12,35H,2,4,13-18H2,1H3,(H2,28,30)(H,29,34);1-2H3. The summed E-state index contributed by atoms with van der Waals surface area (Å²) in [5.74, 6) is 1.06. The van der Waals surface area contributed by atoms with Gasteiger partial charge in [-0.25, -0.2) is 14.8 Å². The maximum absolute atomic E-state index is 12.8. The molecule has 1 aliphatic carbocycles. The van der Waals surface area contributed by atoms with Crippen molar-refractivity contribution in [2.24, 2.45) is 0 Å². The summed E-state index contributed by atoms with van der Waals surface area (Å²) in [7, 11) is 0. The van der Waals surface area contributed by atoms with Crippen LogP contribution in [0.4, 0.5) is 10.6 Å². The van der Waals surface area contributed by atoms with Crippen molar-refractivity contribution >= 4 is 33.8 Å². The van der Waals surface area contributed by atoms with Crippen molar-refractivity contribution in [3.63, 3.8) is 0 Å². The number of nitrogens with two attached hydrogens (primary N) is 1. The number of pyridine rings is 1. The first-order valence-electron chi connectivity index (χ1n) is 13.4. The van der Waals surface area contributed by atoms with Gasteiger partial charge in [0.1, 0.15) is 17.9 Å². The Morgan fingerprint density at radius 3 is 2.71 bits per heavy atom. The van der Waals surface area contributed by atoms with Crippen LogP contribution < -0.4 is 11.1 Å². The van der Waals surface area contributed by atoms with Gasteiger partial charge in [0.15, 0.2) is 5.82 Å². The number of likely N-dealkylation sites (tertiary alicyclic amines) is 1. The zero-order valence-corrected chi connectivity index (χ0v) is 22.5. The number of nitrogens with one attached hydrogen (secondary N) is 1. The molecule has 2 aromatic heterocycles. The second kappa shape index (κ2) is 12.2. The largest absolute Gasteiger partial charge is 0.388 e. The molecule has 3 heterocycles. The molecule has 1 aliphatic heterocycles. The van der Waals surface area contributed by atoms with E-state index in [9.17, 15) is 9.90 Å². The lowest BCUT2D eigenvalue weighted by Gasteiger charge is -2.38. The molecule has 1 saturated heterocycles. The average Bonchev–Trinajstić information content (AvgIpc) is 3.08. The van der Waals surface area contributed by atoms with Crippen LogP contribution in [0.1, 0.15) is 45.9 Å². The third kappa shape index (κ3) is 5.89. The summed E-state index contributed by atoms with van der Waals surface area (Å²) in [5.41, 5.74) is 8.28. The number of ether oxygens (including phenoxy) is 1. The monoisotopic (exact) mass is 518 g/mol. The Labute approximate surface area is 223 Å². The predicted molar refractivity (Wildman–Crippen MR) is 151 cm³/mol. The van der Waals surface area contributed by atoms with Crippen LogP contribution in [0.15, 0.2) is 60.3 Å². The highest BCUT2D eigenvalue weighted by Crippen LogP contribution is 2.32. The van der Waals surface area contributed by atoms with E-state index in [1.807, 2.05) is 80.0 Å². The summed E-state index contributed by atoms with van der Waals surface area (Å²) in [6.07, 6.45) is 11.5. The number of benzene rings is 1. The maximum Gasteiger partial charge on any atom is 0.321 e. The highest BCUT2D eigenvalue weighted by atomic mass is 16.5. The molecule has 4 N–H and O–H groups in total. The van der Waals surface area contributed by atoms with Crippen molar-refractivity contribution in [2.45, 2.75) is 58.8 Å². The molecule has 0 atom stereocenters. The van der Waals surface area contributed by atoms with E-state index in [0.717, 1.165) is 28.5 Å². The third-order valence-electron chi connectivity index (χ3n) is 6.79. The van der Waals surface area contributed by atoms with E-state index < -0.39 is 5.60 Å². The van der Waals surface area contributed by atoms with E-state index in [1.54, 1.807) is 4.90 Å². The molecule has 1 fully saturated rings. The second-order valence-electron chi connectivity index (χ2n) is 9.29. The van der Waals surface area contributed by atoms with Gasteiger partial charge in [0.2, 0.25) is 0 Å². The van der Waals surface area contributed by atoms with E-state index in [1.165, 1.54) is 0 Å². The van der Waals surface area contributed by atoms with Crippen LogP contribution in [-0.2, 0) is 17.9 Å². The number of carbonyl (C=O) groups is 1. The number of aliphatic hydroxyl groups is 1. The van der Waals surface area contributed by atoms with Gasteiger partial charge in [-0.1, -0.05) is 50.3 Å². The summed E-state index contributed by atoms with van der Waals surface area (Å²) in [4.78, 5) is 23.9. The first-order chi connectivity index (χ1) is 18.5. The van der Waals surface area contributed by atoms with Gasteiger partial charge >= 0.3 is 6.03 Å². The van der Waals surface area contributed by atoms with Crippen molar-refractivity contribution in [3.05, 3.63) is 66.2 Å². The minimum Gasteiger partial charge on any atom is -0.388 e. The molecule has 38 heavy (non-hydrogen) atoms. The fourth-order valence-electron chi connectivity index (χ4n) is 4.82. The number of rotatable bonds is 6. The van der Waals surface area contributed by atoms with E-state index in [2.05, 4.69) is 10.3 Å². The molecular weight excluding hydrogens is 480 g/mol. The molecule has 9 nitrogen and oxygen atoms in total. The van der Waals surface area contributed by atoms with Gasteiger partial charge in [-0.2, -0.15) is 0 Å². The van der Waals surface area contributed by atoms with Crippen molar-refractivity contribution in [1.82, 2.24) is 24.8 Å². The van der Waals surface area contributed by atoms with Crippen LogP contribution >= 0.6 is 0 Å². The normalized spacial score (nSPS) is 16.6. The lowest BCUT2D eigenvalue weighted by atomic mass is 9.91. The summed E-state index contributed by atoms with van der Waals surface area (Å²) in [6, 6.07) is 7.65. The first kappa shape index (κ1) is 27.3. The van der Waals surface area contributed by atoms with Gasteiger partial charge in [-0.3, -0.25) is 0 Å². The number of para-hydroxylation sites is 1. The Bertz CT molecular complexity index is 1370. The smallest absolute Gasteiger partial charge is 0.321 e. The van der Waals surface area contributed by atoms with Gasteiger partial charge in [0.25, 0.3) is 0 Å². The fraction of sp³-hybridized carbons (Fsp3) is 0.414. The molecule has 9 heteroatoms. The summed E-state index contributed by atoms with van der Waals surface area (Å²) in [5, 5.41) is 15.5. The van der Waals surface area contributed by atoms with Gasteiger partial charge in [0, 0.05) is 30.8 Å². The van der Waals surface area contributed by atoms with Crippen molar-refractivity contribution in [2.75, 3.05) is 25.4 Å². The number of nitrogen functional groups attached to an aromatic ring is 1. The highest BCUT2D eigenvalue weighted by Gasteiger charge is 2.36. The highest BCUT2D eigenvalue weighted by molar-refractivity contribution is 6.06. The number of allylic oxidation sites excluding steroid dienone is 5. The van der Waals surface area contributed by atoms with Crippen LogP contribution in [0.2, 0.25) is 0 Å². The molecule has 0 saturated carbocycles. The number of imidazole rings is 1. The van der Waals surface area contributed by atoms with Gasteiger partial charge in [-0.05, 0) is 44.4 Å². The van der Waals surface area contributed by atoms with Crippen LogP contribution in [0.25, 0.3) is 21.9 Å². The number of piperidine rings is 1. The lowest BCUT2D eigenvalue weighted by Crippen LogP contribution is -2.51. The zero-order chi connectivity index (χ0) is 27.1. The summed E-state index contributed by atoms with van der Waals surface area (Å²) < 4.78 is 7.71. The van der Waals surface area contributed by atoms with Crippen LogP contribution in [0.5, 0.6) is 0 Å². The molecule has 1 aromatic carbocycles. The van der Waals surface area contributed by atoms with Crippen LogP contribution in [0.3, 0.4) is 0 Å². The molecule has 202 valence electrons. The van der Waals surface area contributed by atoms with Crippen LogP contribution in [-0.4, -0.2) is 55.9 Å². The third-order valence-corrected chi connectivity index (χ3v) is 6.79. The zero-order valence-electron chi connectivity index (χ0n) is 22.5. The minimum atomic E-state index is -1.01. The lowest BCUT2D eigenvalue weighted by molar-refractivity contribution is -0.0261. The Hall–Kier alpha value is -3.69. The Morgan fingerprint density at radius 1 is 1.18 bits per heavy atom. The Balaban J connectivity index is 0.00000164. The molecule has 2 amide bonds. The van der Waals surface area contributed by atoms with E-state index in [4.69, 9.17) is 15.5 Å². The molecule has 0 unspecified atom stereocenters. The van der Waals surface area contributed by atoms with E-state index in [0.29, 0.717) is 62.8 Å². The number of urea groups is 1. The second-order valence-corrected chi connectivity index (χ2v) is 9.29. The summed E-state index contributed by atoms with van der Waals surface area (Å²) >= 11 is 0. The maximum atomic E-state index is 12.8. The SMILES string of the molecule is CC.CCOCc1nc2c(N)nc3ccccc3c2n1CC1(O)CCN(C(=O)NC2=CC=CCC=C2)CC1. The first-order valence-corrected chi connectivity index (χ1v) is 13.4. The van der Waals surface area contributed by atoms with Crippen molar-refractivity contribution in [1.29, 1.82) is 0 Å². The molecule has 2 aliphatic rings. The van der Waals surface area contributed by atoms with Gasteiger partial charge in [-0.15, -0.1) is 0 Å². The van der Waals surface area contributed by atoms with E-state index >= 15 is 0 Å². The van der Waals surface area contributed by atoms with Gasteiger partial charge < -0.3 is 30.4 Å². The molecule has 0 bridgehead atoms. The number of amides is 2. The van der Waals surface area contributed by atoms with Crippen molar-refractivity contribution < 1.29 is 14.6 Å². The quantitative estimate of drug-likeness (QED) is 0.437. The van der Waals surface area contributed by atoms with E-state index in [-0.39, 0.29) is 6.03 Å². The number of fused-ring (bicyclic) bond motifs is 3. The molecule has 0 radical (unpaired) electrons. The average molecular weight is 519 g/mol. The molecular formula is C29H38N6O3. The Kier molecular flexibility index (Phi) is 8.81. The number of hydrogen-bond donors (Lipinski definition) is 3. The molecule has 5 rings (SSSR count). The number of aromatic nitrogens is 3.